The Kier molecular flexibility index (Phi) is 4.74. The van der Waals surface area contributed by atoms with Crippen molar-refractivity contribution in [3.63, 3.8) is 0 Å². The van der Waals surface area contributed by atoms with Crippen LogP contribution in [0.3, 0.4) is 0 Å². The smallest absolute Gasteiger partial charge is 0.305 e. The first kappa shape index (κ1) is 18.4. The van der Waals surface area contributed by atoms with Gasteiger partial charge in [0.1, 0.15) is 0 Å². The van der Waals surface area contributed by atoms with Gasteiger partial charge in [0.25, 0.3) is 0 Å². The van der Waals surface area contributed by atoms with Crippen molar-refractivity contribution in [1.82, 2.24) is 0 Å². The van der Waals surface area contributed by atoms with E-state index in [-0.39, 0.29) is 18.4 Å². The average molecular weight is 358 g/mol. The molecule has 2 unspecified atom stereocenters. The van der Waals surface area contributed by atoms with E-state index in [1.165, 1.54) is 12.2 Å². The molecule has 3 rings (SSSR count). The fourth-order valence-corrected chi connectivity index (χ4v) is 3.90. The molecule has 3 aliphatic carbocycles. The van der Waals surface area contributed by atoms with Gasteiger partial charge in [0.15, 0.2) is 0 Å². The Morgan fingerprint density at radius 1 is 1.31 bits per heavy atom. The van der Waals surface area contributed by atoms with E-state index < -0.39 is 11.7 Å². The Hall–Kier alpha value is -2.43. The molecule has 0 aliphatic heterocycles. The van der Waals surface area contributed by atoms with E-state index in [4.69, 9.17) is 5.41 Å². The van der Waals surface area contributed by atoms with Crippen molar-refractivity contribution in [2.75, 3.05) is 0 Å². The zero-order valence-corrected chi connectivity index (χ0v) is 14.7. The molecule has 2 atom stereocenters. The van der Waals surface area contributed by atoms with E-state index in [9.17, 15) is 13.2 Å². The van der Waals surface area contributed by atoms with Gasteiger partial charge in [-0.25, -0.2) is 0 Å². The highest BCUT2D eigenvalue weighted by molar-refractivity contribution is 6.06. The normalized spacial score (nSPS) is 26.2. The number of allylic oxidation sites excluding steroid dienone is 8. The zero-order valence-electron chi connectivity index (χ0n) is 14.7. The van der Waals surface area contributed by atoms with Gasteiger partial charge in [0, 0.05) is 18.1 Å². The van der Waals surface area contributed by atoms with Gasteiger partial charge in [-0.15, -0.1) is 0 Å². The molecule has 26 heavy (non-hydrogen) atoms. The minimum Gasteiger partial charge on any atom is -0.305 e. The molecule has 0 heterocycles. The van der Waals surface area contributed by atoms with Crippen LogP contribution >= 0.6 is 0 Å². The molecule has 3 aliphatic rings. The zero-order chi connectivity index (χ0) is 19.1. The summed E-state index contributed by atoms with van der Waals surface area (Å²) in [7, 11) is 0. The standard InChI is InChI=1S/C21H21F3N2/c1-4-13-8-9-19(26-3)12(2)20(13)17-11-18(25)15-7-5-6-14(10-16(15)17)21(22,23)24/h6-10,17,19,25H,2-5,11H2,1H3. The molecule has 0 amide bonds. The maximum Gasteiger partial charge on any atom is 0.416 e. The first-order chi connectivity index (χ1) is 12.3. The largest absolute Gasteiger partial charge is 0.416 e. The molecule has 136 valence electrons. The number of rotatable bonds is 3. The summed E-state index contributed by atoms with van der Waals surface area (Å²) in [6.45, 7) is 9.75. The van der Waals surface area contributed by atoms with Crippen LogP contribution in [0.5, 0.6) is 0 Å². The summed E-state index contributed by atoms with van der Waals surface area (Å²) >= 11 is 0. The van der Waals surface area contributed by atoms with Crippen LogP contribution in [0.1, 0.15) is 26.2 Å². The number of hydrogen-bond acceptors (Lipinski definition) is 2. The molecular formula is C21H21F3N2. The van der Waals surface area contributed by atoms with Gasteiger partial charge < -0.3 is 5.41 Å². The highest BCUT2D eigenvalue weighted by Gasteiger charge is 2.39. The Morgan fingerprint density at radius 2 is 2.04 bits per heavy atom. The number of fused-ring (bicyclic) bond motifs is 1. The monoisotopic (exact) mass is 358 g/mol. The second-order valence-electron chi connectivity index (χ2n) is 6.65. The van der Waals surface area contributed by atoms with Crippen LogP contribution in [0.4, 0.5) is 13.2 Å². The number of hydrogen-bond donors (Lipinski definition) is 1. The molecule has 0 aromatic heterocycles. The fourth-order valence-electron chi connectivity index (χ4n) is 3.90. The van der Waals surface area contributed by atoms with Gasteiger partial charge in [0.2, 0.25) is 0 Å². The van der Waals surface area contributed by atoms with Crippen LogP contribution in [-0.2, 0) is 0 Å². The predicted octanol–water partition coefficient (Wildman–Crippen LogP) is 5.67. The van der Waals surface area contributed by atoms with Gasteiger partial charge in [-0.3, -0.25) is 4.99 Å². The van der Waals surface area contributed by atoms with Crippen molar-refractivity contribution in [2.24, 2.45) is 10.9 Å². The molecule has 1 saturated carbocycles. The molecular weight excluding hydrogens is 337 g/mol. The minimum atomic E-state index is -4.40. The number of nitrogens with zero attached hydrogens (tertiary/aromatic N) is 1. The van der Waals surface area contributed by atoms with E-state index in [0.29, 0.717) is 23.3 Å². The molecule has 0 spiro atoms. The summed E-state index contributed by atoms with van der Waals surface area (Å²) < 4.78 is 40.0. The summed E-state index contributed by atoms with van der Waals surface area (Å²) in [5.41, 5.74) is 3.64. The summed E-state index contributed by atoms with van der Waals surface area (Å²) in [6.07, 6.45) is 4.91. The van der Waals surface area contributed by atoms with Gasteiger partial charge in [0.05, 0.1) is 11.6 Å². The summed E-state index contributed by atoms with van der Waals surface area (Å²) in [5.74, 6) is -0.297. The van der Waals surface area contributed by atoms with Gasteiger partial charge in [-0.05, 0) is 53.5 Å². The minimum absolute atomic E-state index is 0.177. The lowest BCUT2D eigenvalue weighted by Crippen LogP contribution is -2.18. The van der Waals surface area contributed by atoms with Crippen LogP contribution < -0.4 is 0 Å². The first-order valence-corrected chi connectivity index (χ1v) is 8.61. The Bertz CT molecular complexity index is 832. The van der Waals surface area contributed by atoms with E-state index >= 15 is 0 Å². The van der Waals surface area contributed by atoms with Crippen molar-refractivity contribution in [3.8, 4) is 0 Å². The lowest BCUT2D eigenvalue weighted by atomic mass is 9.78. The second-order valence-corrected chi connectivity index (χ2v) is 6.65. The topological polar surface area (TPSA) is 36.2 Å². The number of aliphatic imine (C=N–C) groups is 1. The fraction of sp³-hybridized carbons (Fsp3) is 0.333. The third kappa shape index (κ3) is 3.06. The number of nitrogens with one attached hydrogen (secondary N) is 1. The molecule has 1 fully saturated rings. The van der Waals surface area contributed by atoms with Gasteiger partial charge >= 0.3 is 6.18 Å². The molecule has 2 nitrogen and oxygen atoms in total. The molecule has 1 N–H and O–H groups in total. The van der Waals surface area contributed by atoms with Crippen LogP contribution in [0.2, 0.25) is 0 Å². The third-order valence-electron chi connectivity index (χ3n) is 5.17. The summed E-state index contributed by atoms with van der Waals surface area (Å²) in [6, 6.07) is -0.272. The molecule has 5 heteroatoms. The number of alkyl halides is 3. The summed E-state index contributed by atoms with van der Waals surface area (Å²) in [4.78, 5) is 4.07. The van der Waals surface area contributed by atoms with Crippen LogP contribution in [-0.4, -0.2) is 24.6 Å². The van der Waals surface area contributed by atoms with Gasteiger partial charge in [-0.1, -0.05) is 37.8 Å². The van der Waals surface area contributed by atoms with E-state index in [0.717, 1.165) is 23.1 Å². The van der Waals surface area contributed by atoms with E-state index in [1.807, 2.05) is 19.1 Å². The third-order valence-corrected chi connectivity index (χ3v) is 5.17. The average Bonchev–Trinajstić information content (AvgIpc) is 2.76. The lowest BCUT2D eigenvalue weighted by molar-refractivity contribution is -0.0884. The van der Waals surface area contributed by atoms with Crippen molar-refractivity contribution < 1.29 is 13.2 Å². The first-order valence-electron chi connectivity index (χ1n) is 8.61. The van der Waals surface area contributed by atoms with Crippen molar-refractivity contribution in [3.05, 3.63) is 70.4 Å². The summed E-state index contributed by atoms with van der Waals surface area (Å²) in [5, 5.41) is 8.31. The highest BCUT2D eigenvalue weighted by Crippen LogP contribution is 2.47. The SMILES string of the molecule is C=NC1C=CC(CC)=C(C2CC(=N)C3=CCC=C(C(F)(F)F)C=C32)C1=C. The maximum atomic E-state index is 13.3. The molecule has 0 radical (unpaired) electrons. The predicted molar refractivity (Wildman–Crippen MR) is 99.7 cm³/mol. The van der Waals surface area contributed by atoms with Crippen molar-refractivity contribution in [2.45, 2.75) is 38.4 Å². The van der Waals surface area contributed by atoms with Crippen LogP contribution in [0.25, 0.3) is 0 Å². The number of halogens is 3. The van der Waals surface area contributed by atoms with E-state index in [1.54, 1.807) is 6.08 Å². The lowest BCUT2D eigenvalue weighted by Gasteiger charge is -2.27. The van der Waals surface area contributed by atoms with Crippen LogP contribution in [0, 0.1) is 11.3 Å². The highest BCUT2D eigenvalue weighted by atomic mass is 19.4. The Balaban J connectivity index is 2.14. The molecule has 0 aromatic carbocycles. The van der Waals surface area contributed by atoms with E-state index in [2.05, 4.69) is 18.3 Å². The molecule has 0 saturated heterocycles. The Morgan fingerprint density at radius 3 is 2.65 bits per heavy atom. The van der Waals surface area contributed by atoms with Gasteiger partial charge in [-0.2, -0.15) is 13.2 Å². The molecule has 0 bridgehead atoms. The quantitative estimate of drug-likeness (QED) is 0.631. The maximum absolute atomic E-state index is 13.3. The molecule has 0 aromatic rings. The Labute approximate surface area is 151 Å². The van der Waals surface area contributed by atoms with Crippen molar-refractivity contribution >= 4 is 12.4 Å². The second kappa shape index (κ2) is 6.71. The van der Waals surface area contributed by atoms with Crippen molar-refractivity contribution in [1.29, 1.82) is 5.41 Å². The van der Waals surface area contributed by atoms with Crippen LogP contribution in [0.15, 0.2) is 75.4 Å².